The second kappa shape index (κ2) is 11.8. The lowest BCUT2D eigenvalue weighted by Crippen LogP contribution is -2.15. The average molecular weight is 315 g/mol. The highest BCUT2D eigenvalue weighted by atomic mass is 31.2. The average Bonchev–Trinajstić information content (AvgIpc) is 2.48. The predicted molar refractivity (Wildman–Crippen MR) is 88.5 cm³/mol. The third-order valence-corrected chi connectivity index (χ3v) is 4.45. The van der Waals surface area contributed by atoms with Crippen molar-refractivity contribution in [1.82, 2.24) is 0 Å². The van der Waals surface area contributed by atoms with Crippen LogP contribution in [0.15, 0.2) is 24.3 Å². The summed E-state index contributed by atoms with van der Waals surface area (Å²) >= 11 is 0. The summed E-state index contributed by atoms with van der Waals surface area (Å²) in [5, 5.41) is 0.306. The molecule has 0 spiro atoms. The van der Waals surface area contributed by atoms with Crippen molar-refractivity contribution in [2.75, 3.05) is 0 Å². The Balaban J connectivity index is 0.00000191. The van der Waals surface area contributed by atoms with E-state index in [9.17, 15) is 14.7 Å². The highest BCUT2D eigenvalue weighted by molar-refractivity contribution is 7.66. The zero-order valence-corrected chi connectivity index (χ0v) is 13.8. The molecule has 0 saturated heterocycles. The van der Waals surface area contributed by atoms with Crippen molar-refractivity contribution in [1.29, 1.82) is 0 Å². The molecule has 0 aliphatic rings. The normalized spacial score (nSPS) is 10.9. The van der Waals surface area contributed by atoms with Gasteiger partial charge in [-0.05, 0) is 18.9 Å². The van der Waals surface area contributed by atoms with Crippen molar-refractivity contribution in [2.24, 2.45) is 0 Å². The Morgan fingerprint density at radius 3 is 2.00 bits per heavy atom. The molecule has 3 N–H and O–H groups in total. The first-order chi connectivity index (χ1) is 10.1. The van der Waals surface area contributed by atoms with Crippen molar-refractivity contribution in [3.8, 4) is 0 Å². The van der Waals surface area contributed by atoms with Crippen LogP contribution in [0.1, 0.15) is 57.4 Å². The maximum Gasteiger partial charge on any atom is 0.441 e. The van der Waals surface area contributed by atoms with Crippen LogP contribution in [0, 0.1) is 0 Å². The molecule has 0 aliphatic heterocycles. The molecule has 4 nitrogen and oxygen atoms in total. The lowest BCUT2D eigenvalue weighted by atomic mass is 10.0. The van der Waals surface area contributed by atoms with Crippen LogP contribution in [0.25, 0.3) is 0 Å². The maximum atomic E-state index is 9.39. The maximum absolute atomic E-state index is 9.39. The summed E-state index contributed by atoms with van der Waals surface area (Å²) in [7, 11) is -3.88. The van der Waals surface area contributed by atoms with Gasteiger partial charge in [0.1, 0.15) is 6.79 Å². The molecule has 0 saturated carbocycles. The van der Waals surface area contributed by atoms with E-state index < -0.39 is 7.94 Å². The van der Waals surface area contributed by atoms with Crippen molar-refractivity contribution in [3.63, 3.8) is 0 Å². The minimum absolute atomic E-state index is 0.306. The first kappa shape index (κ1) is 20.2. The standard InChI is InChI=1S/C15H26O3P.CH2O/c1-2-3-4-5-6-7-8-11-14-12-9-10-13-15(14)19(16,17)18;1-2/h9-10,12-13,16-18H,2-8,11H2,1H3;1H2/q+1;. The molecule has 0 atom stereocenters. The van der Waals surface area contributed by atoms with Gasteiger partial charge in [-0.2, -0.15) is 14.7 Å². The van der Waals surface area contributed by atoms with Crippen LogP contribution in [-0.4, -0.2) is 21.5 Å². The van der Waals surface area contributed by atoms with E-state index in [1.807, 2.05) is 18.9 Å². The van der Waals surface area contributed by atoms with Crippen LogP contribution in [-0.2, 0) is 11.2 Å². The molecule has 0 aliphatic carbocycles. The third-order valence-electron chi connectivity index (χ3n) is 3.36. The smallest absolute Gasteiger partial charge is 0.307 e. The summed E-state index contributed by atoms with van der Waals surface area (Å²) in [5.41, 5.74) is 0.858. The molecule has 1 aromatic carbocycles. The number of carbonyl (C=O) groups excluding carboxylic acids is 1. The highest BCUT2D eigenvalue weighted by Gasteiger charge is 2.36. The second-order valence-corrected chi connectivity index (χ2v) is 6.69. The molecular weight excluding hydrogens is 287 g/mol. The van der Waals surface area contributed by atoms with Crippen LogP contribution in [0.4, 0.5) is 0 Å². The van der Waals surface area contributed by atoms with Crippen LogP contribution >= 0.6 is 7.94 Å². The molecule has 0 aromatic heterocycles. The number of rotatable bonds is 9. The largest absolute Gasteiger partial charge is 0.441 e. The molecule has 120 valence electrons. The molecule has 1 rings (SSSR count). The van der Waals surface area contributed by atoms with E-state index in [-0.39, 0.29) is 0 Å². The SMILES string of the molecule is C=O.CCCCCCCCCc1ccccc1[P+](O)(O)O. The molecule has 0 radical (unpaired) electrons. The number of unbranched alkanes of at least 4 members (excludes halogenated alkanes) is 6. The number of hydrogen-bond donors (Lipinski definition) is 3. The zero-order chi connectivity index (χ0) is 16.1. The van der Waals surface area contributed by atoms with Gasteiger partial charge in [0, 0.05) is 5.56 Å². The number of hydrogen-bond acceptors (Lipinski definition) is 4. The number of benzene rings is 1. The van der Waals surface area contributed by atoms with E-state index >= 15 is 0 Å². The van der Waals surface area contributed by atoms with Gasteiger partial charge >= 0.3 is 7.94 Å². The van der Waals surface area contributed by atoms with Crippen molar-refractivity contribution in [3.05, 3.63) is 29.8 Å². The van der Waals surface area contributed by atoms with Crippen molar-refractivity contribution < 1.29 is 19.5 Å². The summed E-state index contributed by atoms with van der Waals surface area (Å²) in [6, 6.07) is 7.06. The van der Waals surface area contributed by atoms with Crippen LogP contribution in [0.5, 0.6) is 0 Å². The Bertz CT molecular complexity index is 377. The van der Waals surface area contributed by atoms with E-state index in [0.717, 1.165) is 24.8 Å². The van der Waals surface area contributed by atoms with Crippen LogP contribution in [0.3, 0.4) is 0 Å². The van der Waals surface area contributed by atoms with Crippen molar-refractivity contribution >= 4 is 20.0 Å². The quantitative estimate of drug-likeness (QED) is 0.483. The lowest BCUT2D eigenvalue weighted by Gasteiger charge is -2.09. The summed E-state index contributed by atoms with van der Waals surface area (Å²) in [5.74, 6) is 0. The third kappa shape index (κ3) is 8.94. The fourth-order valence-corrected chi connectivity index (χ4v) is 3.15. The Labute approximate surface area is 128 Å². The number of aryl methyl sites for hydroxylation is 1. The van der Waals surface area contributed by atoms with E-state index in [1.165, 1.54) is 32.1 Å². The predicted octanol–water partition coefficient (Wildman–Crippen LogP) is 3.16. The van der Waals surface area contributed by atoms with E-state index in [2.05, 4.69) is 6.92 Å². The van der Waals surface area contributed by atoms with Gasteiger partial charge in [0.25, 0.3) is 0 Å². The van der Waals surface area contributed by atoms with Crippen molar-refractivity contribution in [2.45, 2.75) is 58.3 Å². The fraction of sp³-hybridized carbons (Fsp3) is 0.562. The minimum atomic E-state index is -3.88. The van der Waals surface area contributed by atoms with E-state index in [0.29, 0.717) is 5.30 Å². The van der Waals surface area contributed by atoms with E-state index in [1.54, 1.807) is 12.1 Å². The summed E-state index contributed by atoms with van der Waals surface area (Å²) in [4.78, 5) is 36.2. The molecule has 0 fully saturated rings. The Hall–Kier alpha value is -0.800. The van der Waals surface area contributed by atoms with Gasteiger partial charge in [-0.15, -0.1) is 0 Å². The lowest BCUT2D eigenvalue weighted by molar-refractivity contribution is -0.0980. The van der Waals surface area contributed by atoms with Gasteiger partial charge < -0.3 is 4.79 Å². The molecule has 0 heterocycles. The molecule has 0 unspecified atom stereocenters. The van der Waals surface area contributed by atoms with E-state index in [4.69, 9.17) is 4.79 Å². The van der Waals surface area contributed by atoms with Gasteiger partial charge in [0.2, 0.25) is 0 Å². The molecule has 0 bridgehead atoms. The molecule has 1 aromatic rings. The highest BCUT2D eigenvalue weighted by Crippen LogP contribution is 2.44. The second-order valence-electron chi connectivity index (χ2n) is 5.07. The fourth-order valence-electron chi connectivity index (χ4n) is 2.29. The zero-order valence-electron chi connectivity index (χ0n) is 12.9. The van der Waals surface area contributed by atoms with Gasteiger partial charge in [0.05, 0.1) is 0 Å². The molecule has 0 amide bonds. The topological polar surface area (TPSA) is 77.8 Å². The van der Waals surface area contributed by atoms with Crippen LogP contribution in [0.2, 0.25) is 0 Å². The summed E-state index contributed by atoms with van der Waals surface area (Å²) in [6.45, 7) is 4.21. The monoisotopic (exact) mass is 315 g/mol. The Morgan fingerprint density at radius 2 is 1.43 bits per heavy atom. The van der Waals surface area contributed by atoms with Gasteiger partial charge in [-0.1, -0.05) is 63.6 Å². The Kier molecular flexibility index (Phi) is 11.4. The summed E-state index contributed by atoms with van der Waals surface area (Å²) in [6.07, 6.45) is 9.40. The van der Waals surface area contributed by atoms with Crippen LogP contribution < -0.4 is 5.30 Å². The van der Waals surface area contributed by atoms with Gasteiger partial charge in [-0.3, -0.25) is 0 Å². The Morgan fingerprint density at radius 1 is 0.905 bits per heavy atom. The van der Waals surface area contributed by atoms with Gasteiger partial charge in [0.15, 0.2) is 5.30 Å². The molecular formula is C16H28O4P+. The first-order valence-corrected chi connectivity index (χ1v) is 9.15. The van der Waals surface area contributed by atoms with Gasteiger partial charge in [-0.25, -0.2) is 0 Å². The number of carbonyl (C=O) groups is 1. The first-order valence-electron chi connectivity index (χ1n) is 7.50. The summed E-state index contributed by atoms with van der Waals surface area (Å²) < 4.78 is 0. The molecule has 5 heteroatoms. The molecule has 21 heavy (non-hydrogen) atoms. The minimum Gasteiger partial charge on any atom is -0.307 e.